The summed E-state index contributed by atoms with van der Waals surface area (Å²) in [5, 5.41) is 0. The zero-order valence-electron chi connectivity index (χ0n) is 9.42. The molecule has 1 unspecified atom stereocenters. The summed E-state index contributed by atoms with van der Waals surface area (Å²) in [7, 11) is 2.17. The molecule has 0 spiro atoms. The molecule has 0 saturated heterocycles. The molecule has 1 atom stereocenters. The summed E-state index contributed by atoms with van der Waals surface area (Å²) in [5.41, 5.74) is 5.96. The standard InChI is InChI=1S/C10H24N2S/c1-9(2)10(11)5-6-12(3)7-8-13-4/h9-10H,5-8,11H2,1-4H3. The molecule has 13 heavy (non-hydrogen) atoms. The van der Waals surface area contributed by atoms with Gasteiger partial charge in [0.1, 0.15) is 0 Å². The Labute approximate surface area is 87.2 Å². The number of thioether (sulfide) groups is 1. The van der Waals surface area contributed by atoms with Crippen LogP contribution in [0, 0.1) is 5.92 Å². The quantitative estimate of drug-likeness (QED) is 0.684. The average Bonchev–Trinajstić information content (AvgIpc) is 2.10. The molecule has 0 rings (SSSR count). The minimum atomic E-state index is 0.358. The summed E-state index contributed by atoms with van der Waals surface area (Å²) < 4.78 is 0. The predicted molar refractivity (Wildman–Crippen MR) is 63.3 cm³/mol. The van der Waals surface area contributed by atoms with Crippen LogP contribution in [-0.2, 0) is 0 Å². The van der Waals surface area contributed by atoms with Crippen molar-refractivity contribution in [2.45, 2.75) is 26.3 Å². The summed E-state index contributed by atoms with van der Waals surface area (Å²) in [6.45, 7) is 6.67. The largest absolute Gasteiger partial charge is 0.327 e. The Morgan fingerprint density at radius 3 is 2.38 bits per heavy atom. The van der Waals surface area contributed by atoms with Crippen molar-refractivity contribution in [3.63, 3.8) is 0 Å². The van der Waals surface area contributed by atoms with Gasteiger partial charge in [-0.1, -0.05) is 13.8 Å². The van der Waals surface area contributed by atoms with Crippen LogP contribution in [0.5, 0.6) is 0 Å². The van der Waals surface area contributed by atoms with Crippen molar-refractivity contribution in [3.05, 3.63) is 0 Å². The van der Waals surface area contributed by atoms with Crippen LogP contribution in [0.15, 0.2) is 0 Å². The lowest BCUT2D eigenvalue weighted by Gasteiger charge is -2.20. The highest BCUT2D eigenvalue weighted by molar-refractivity contribution is 7.98. The first-order valence-electron chi connectivity index (χ1n) is 5.01. The smallest absolute Gasteiger partial charge is 0.00740 e. The van der Waals surface area contributed by atoms with E-state index in [1.54, 1.807) is 0 Å². The van der Waals surface area contributed by atoms with Crippen molar-refractivity contribution in [1.82, 2.24) is 4.90 Å². The van der Waals surface area contributed by atoms with Gasteiger partial charge in [-0.15, -0.1) is 0 Å². The zero-order valence-corrected chi connectivity index (χ0v) is 10.2. The van der Waals surface area contributed by atoms with E-state index in [1.807, 2.05) is 11.8 Å². The molecule has 0 amide bonds. The number of nitrogens with two attached hydrogens (primary N) is 1. The molecular weight excluding hydrogens is 180 g/mol. The fraction of sp³-hybridized carbons (Fsp3) is 1.00. The summed E-state index contributed by atoms with van der Waals surface area (Å²) in [4.78, 5) is 2.36. The minimum absolute atomic E-state index is 0.358. The fourth-order valence-corrected chi connectivity index (χ4v) is 1.56. The highest BCUT2D eigenvalue weighted by atomic mass is 32.2. The maximum absolute atomic E-state index is 5.96. The van der Waals surface area contributed by atoms with Gasteiger partial charge in [0.15, 0.2) is 0 Å². The van der Waals surface area contributed by atoms with Gasteiger partial charge in [0, 0.05) is 18.3 Å². The van der Waals surface area contributed by atoms with E-state index in [0.29, 0.717) is 12.0 Å². The molecule has 0 aromatic carbocycles. The summed E-state index contributed by atoms with van der Waals surface area (Å²) in [5.74, 6) is 1.82. The van der Waals surface area contributed by atoms with Gasteiger partial charge in [-0.2, -0.15) is 11.8 Å². The van der Waals surface area contributed by atoms with Gasteiger partial charge in [0.05, 0.1) is 0 Å². The van der Waals surface area contributed by atoms with E-state index in [4.69, 9.17) is 5.73 Å². The van der Waals surface area contributed by atoms with Crippen molar-refractivity contribution >= 4 is 11.8 Å². The second-order valence-electron chi connectivity index (χ2n) is 3.99. The van der Waals surface area contributed by atoms with Gasteiger partial charge in [-0.25, -0.2) is 0 Å². The molecule has 0 aromatic rings. The minimum Gasteiger partial charge on any atom is -0.327 e. The van der Waals surface area contributed by atoms with Crippen molar-refractivity contribution in [3.8, 4) is 0 Å². The van der Waals surface area contributed by atoms with Gasteiger partial charge >= 0.3 is 0 Å². The Kier molecular flexibility index (Phi) is 7.81. The number of nitrogens with zero attached hydrogens (tertiary/aromatic N) is 1. The molecule has 80 valence electrons. The van der Waals surface area contributed by atoms with Crippen molar-refractivity contribution < 1.29 is 0 Å². The third-order valence-corrected chi connectivity index (χ3v) is 2.97. The van der Waals surface area contributed by atoms with Crippen LogP contribution in [0.25, 0.3) is 0 Å². The normalized spacial score (nSPS) is 14.1. The van der Waals surface area contributed by atoms with Crippen LogP contribution in [0.2, 0.25) is 0 Å². The SMILES string of the molecule is CSCCN(C)CCC(N)C(C)C. The molecule has 0 aromatic heterocycles. The molecule has 2 nitrogen and oxygen atoms in total. The van der Waals surface area contributed by atoms with Crippen LogP contribution < -0.4 is 5.73 Å². The summed E-state index contributed by atoms with van der Waals surface area (Å²) in [6.07, 6.45) is 3.26. The van der Waals surface area contributed by atoms with E-state index in [1.165, 1.54) is 12.3 Å². The van der Waals surface area contributed by atoms with Gasteiger partial charge in [0.25, 0.3) is 0 Å². The molecule has 0 heterocycles. The predicted octanol–water partition coefficient (Wildman–Crippen LogP) is 1.65. The molecule has 0 aliphatic rings. The Hall–Kier alpha value is 0.270. The van der Waals surface area contributed by atoms with Gasteiger partial charge < -0.3 is 10.6 Å². The molecule has 2 N–H and O–H groups in total. The molecule has 0 aliphatic carbocycles. The van der Waals surface area contributed by atoms with Crippen LogP contribution in [-0.4, -0.2) is 43.1 Å². The maximum Gasteiger partial charge on any atom is 0.00740 e. The van der Waals surface area contributed by atoms with Crippen molar-refractivity contribution in [2.24, 2.45) is 11.7 Å². The van der Waals surface area contributed by atoms with E-state index in [9.17, 15) is 0 Å². The summed E-state index contributed by atoms with van der Waals surface area (Å²) in [6, 6.07) is 0.358. The van der Waals surface area contributed by atoms with E-state index in [-0.39, 0.29) is 0 Å². The van der Waals surface area contributed by atoms with Crippen LogP contribution in [0.3, 0.4) is 0 Å². The second kappa shape index (κ2) is 7.65. The topological polar surface area (TPSA) is 29.3 Å². The van der Waals surface area contributed by atoms with E-state index >= 15 is 0 Å². The first-order chi connectivity index (χ1) is 6.07. The lowest BCUT2D eigenvalue weighted by molar-refractivity contribution is 0.318. The highest BCUT2D eigenvalue weighted by Gasteiger charge is 2.08. The molecular formula is C10H24N2S. The number of hydrogen-bond acceptors (Lipinski definition) is 3. The van der Waals surface area contributed by atoms with E-state index in [0.717, 1.165) is 13.0 Å². The Bertz CT molecular complexity index is 117. The molecule has 0 bridgehead atoms. The van der Waals surface area contributed by atoms with Crippen molar-refractivity contribution in [1.29, 1.82) is 0 Å². The molecule has 3 heteroatoms. The summed E-state index contributed by atoms with van der Waals surface area (Å²) >= 11 is 1.90. The lowest BCUT2D eigenvalue weighted by atomic mass is 10.0. The number of rotatable bonds is 7. The van der Waals surface area contributed by atoms with Gasteiger partial charge in [0.2, 0.25) is 0 Å². The molecule has 0 fully saturated rings. The highest BCUT2D eigenvalue weighted by Crippen LogP contribution is 2.03. The van der Waals surface area contributed by atoms with E-state index in [2.05, 4.69) is 32.1 Å². The molecule has 0 radical (unpaired) electrons. The van der Waals surface area contributed by atoms with E-state index < -0.39 is 0 Å². The monoisotopic (exact) mass is 204 g/mol. The fourth-order valence-electron chi connectivity index (χ4n) is 1.06. The third kappa shape index (κ3) is 7.35. The number of hydrogen-bond donors (Lipinski definition) is 1. The second-order valence-corrected chi connectivity index (χ2v) is 4.98. The molecule has 0 saturated carbocycles. The van der Waals surface area contributed by atoms with Gasteiger partial charge in [-0.3, -0.25) is 0 Å². The van der Waals surface area contributed by atoms with Crippen LogP contribution in [0.1, 0.15) is 20.3 Å². The third-order valence-electron chi connectivity index (χ3n) is 2.38. The van der Waals surface area contributed by atoms with Crippen molar-refractivity contribution in [2.75, 3.05) is 32.1 Å². The lowest BCUT2D eigenvalue weighted by Crippen LogP contribution is -2.32. The van der Waals surface area contributed by atoms with Gasteiger partial charge in [-0.05, 0) is 32.2 Å². The first kappa shape index (κ1) is 13.3. The Balaban J connectivity index is 3.40. The van der Waals surface area contributed by atoms with Crippen LogP contribution >= 0.6 is 11.8 Å². The Morgan fingerprint density at radius 2 is 1.92 bits per heavy atom. The van der Waals surface area contributed by atoms with Crippen LogP contribution in [0.4, 0.5) is 0 Å². The maximum atomic E-state index is 5.96. The average molecular weight is 204 g/mol. The Morgan fingerprint density at radius 1 is 1.31 bits per heavy atom. The zero-order chi connectivity index (χ0) is 10.3. The molecule has 0 aliphatic heterocycles. The first-order valence-corrected chi connectivity index (χ1v) is 6.40.